The highest BCUT2D eigenvalue weighted by atomic mass is 35.5. The van der Waals surface area contributed by atoms with Gasteiger partial charge in [-0.05, 0) is 18.6 Å². The zero-order chi connectivity index (χ0) is 23.3. The fraction of sp³-hybridized carbons (Fsp3) is 0.476. The van der Waals surface area contributed by atoms with Crippen LogP contribution in [0.5, 0.6) is 0 Å². The molecule has 2 aromatic heterocycles. The van der Waals surface area contributed by atoms with Crippen LogP contribution < -0.4 is 16.2 Å². The highest BCUT2D eigenvalue weighted by Gasteiger charge is 2.46. The van der Waals surface area contributed by atoms with Crippen molar-refractivity contribution in [2.24, 2.45) is 5.92 Å². The Morgan fingerprint density at radius 3 is 2.53 bits per heavy atom. The van der Waals surface area contributed by atoms with Gasteiger partial charge in [0.05, 0.1) is 22.4 Å². The van der Waals surface area contributed by atoms with Gasteiger partial charge in [0.1, 0.15) is 22.5 Å². The van der Waals surface area contributed by atoms with E-state index in [4.69, 9.17) is 0 Å². The lowest BCUT2D eigenvalue weighted by atomic mass is 9.88. The van der Waals surface area contributed by atoms with Crippen molar-refractivity contribution in [1.82, 2.24) is 15.0 Å². The van der Waals surface area contributed by atoms with Crippen LogP contribution in [0.3, 0.4) is 0 Å². The Hall–Kier alpha value is -2.38. The predicted octanol–water partition coefficient (Wildman–Crippen LogP) is 2.19. The molecule has 6 N–H and O–H groups in total. The third-order valence-corrected chi connectivity index (χ3v) is 7.27. The molecule has 0 radical (unpaired) electrons. The standard InChI is InChI=1S/C21H23F2N5O4S.ClH/c22-21(23)6-10(7-21)24-20-27-17(25-12-5-9(8-29)15(30)16(12)31)14(18(32)28-20)19-26-11-3-1-2-4-13(11)33-19;/h1-4,9-10,12,15-16,29-31H,5-8H2,(H3,24,25,27,28,32);1H/t9-,12-,15-,16+;/m1./s1. The summed E-state index contributed by atoms with van der Waals surface area (Å²) in [6.07, 6.45) is -2.77. The molecule has 2 heterocycles. The first-order valence-corrected chi connectivity index (χ1v) is 11.4. The molecule has 0 unspecified atom stereocenters. The number of halogens is 3. The number of nitrogens with zero attached hydrogens (tertiary/aromatic N) is 2. The lowest BCUT2D eigenvalue weighted by Gasteiger charge is -2.35. The molecule has 0 bridgehead atoms. The third kappa shape index (κ3) is 4.60. The second-order valence-corrected chi connectivity index (χ2v) is 9.67. The van der Waals surface area contributed by atoms with Gasteiger partial charge in [0, 0.05) is 31.4 Å². The molecule has 9 nitrogen and oxygen atoms in total. The number of para-hydroxylation sites is 1. The van der Waals surface area contributed by atoms with Crippen molar-refractivity contribution in [2.75, 3.05) is 17.2 Å². The van der Waals surface area contributed by atoms with E-state index < -0.39 is 41.7 Å². The van der Waals surface area contributed by atoms with Gasteiger partial charge in [-0.2, -0.15) is 4.98 Å². The van der Waals surface area contributed by atoms with Crippen molar-refractivity contribution >= 4 is 45.7 Å². The van der Waals surface area contributed by atoms with Crippen LogP contribution in [0.2, 0.25) is 0 Å². The summed E-state index contributed by atoms with van der Waals surface area (Å²) < 4.78 is 27.3. The molecular formula is C21H24ClF2N5O4S. The number of fused-ring (bicyclic) bond motifs is 1. The van der Waals surface area contributed by atoms with E-state index >= 15 is 0 Å². The van der Waals surface area contributed by atoms with Crippen LogP contribution in [0, 0.1) is 5.92 Å². The Labute approximate surface area is 202 Å². The second kappa shape index (κ2) is 9.34. The average molecular weight is 516 g/mol. The van der Waals surface area contributed by atoms with Crippen LogP contribution in [0.15, 0.2) is 29.1 Å². The number of anilines is 2. The summed E-state index contributed by atoms with van der Waals surface area (Å²) in [6.45, 7) is -0.299. The number of alkyl halides is 2. The van der Waals surface area contributed by atoms with E-state index in [0.717, 1.165) is 4.70 Å². The number of aromatic nitrogens is 3. The van der Waals surface area contributed by atoms with E-state index in [1.54, 1.807) is 0 Å². The zero-order valence-corrected chi connectivity index (χ0v) is 19.4. The minimum atomic E-state index is -2.73. The van der Waals surface area contributed by atoms with Crippen LogP contribution in [0.1, 0.15) is 19.3 Å². The molecule has 13 heteroatoms. The molecule has 1 aromatic carbocycles. The van der Waals surface area contributed by atoms with Crippen LogP contribution in [-0.4, -0.2) is 67.1 Å². The summed E-state index contributed by atoms with van der Waals surface area (Å²) >= 11 is 1.30. The number of hydrogen-bond donors (Lipinski definition) is 6. The second-order valence-electron chi connectivity index (χ2n) is 8.64. The number of thiazole rings is 1. The van der Waals surface area contributed by atoms with Gasteiger partial charge in [0.15, 0.2) is 0 Å². The van der Waals surface area contributed by atoms with Crippen molar-refractivity contribution in [2.45, 2.75) is 49.5 Å². The van der Waals surface area contributed by atoms with Gasteiger partial charge < -0.3 is 26.0 Å². The molecule has 2 aliphatic carbocycles. The van der Waals surface area contributed by atoms with Gasteiger partial charge in [-0.3, -0.25) is 9.78 Å². The zero-order valence-electron chi connectivity index (χ0n) is 17.7. The number of benzene rings is 1. The van der Waals surface area contributed by atoms with Crippen LogP contribution in [0.25, 0.3) is 20.8 Å². The Kier molecular flexibility index (Phi) is 6.80. The predicted molar refractivity (Wildman–Crippen MR) is 127 cm³/mol. The first-order valence-electron chi connectivity index (χ1n) is 10.6. The van der Waals surface area contributed by atoms with E-state index in [2.05, 4.69) is 25.6 Å². The molecule has 34 heavy (non-hydrogen) atoms. The Balaban J connectivity index is 0.00000274. The molecule has 0 saturated heterocycles. The lowest BCUT2D eigenvalue weighted by Crippen LogP contribution is -2.45. The van der Waals surface area contributed by atoms with Crippen molar-refractivity contribution in [3.8, 4) is 10.6 Å². The third-order valence-electron chi connectivity index (χ3n) is 6.22. The Morgan fingerprint density at radius 1 is 1.15 bits per heavy atom. The van der Waals surface area contributed by atoms with Gasteiger partial charge >= 0.3 is 0 Å². The highest BCUT2D eigenvalue weighted by molar-refractivity contribution is 7.21. The van der Waals surface area contributed by atoms with Gasteiger partial charge in [-0.25, -0.2) is 13.8 Å². The normalized spacial score (nSPS) is 26.1. The van der Waals surface area contributed by atoms with E-state index in [0.29, 0.717) is 10.5 Å². The summed E-state index contributed by atoms with van der Waals surface area (Å²) in [7, 11) is 0. The van der Waals surface area contributed by atoms with Gasteiger partial charge in [0.2, 0.25) is 5.95 Å². The SMILES string of the molecule is Cl.O=c1[nH]c(NC2CC(F)(F)C2)nc(N[C@@H]2C[C@H](CO)[C@@H](O)[C@H]2O)c1-c1nc2ccccc2s1. The number of aliphatic hydroxyl groups is 3. The molecule has 0 amide bonds. The van der Waals surface area contributed by atoms with Gasteiger partial charge in [-0.1, -0.05) is 12.1 Å². The number of rotatable bonds is 6. The van der Waals surface area contributed by atoms with Crippen molar-refractivity contribution in [3.63, 3.8) is 0 Å². The molecule has 2 aliphatic rings. The molecule has 3 aromatic rings. The molecule has 2 fully saturated rings. The van der Waals surface area contributed by atoms with Crippen molar-refractivity contribution in [3.05, 3.63) is 34.6 Å². The largest absolute Gasteiger partial charge is 0.396 e. The fourth-order valence-corrected chi connectivity index (χ4v) is 5.41. The van der Waals surface area contributed by atoms with Crippen LogP contribution in [0.4, 0.5) is 20.5 Å². The maximum Gasteiger partial charge on any atom is 0.264 e. The summed E-state index contributed by atoms with van der Waals surface area (Å²) in [5.41, 5.74) is 0.333. The monoisotopic (exact) mass is 515 g/mol. The maximum absolute atomic E-state index is 13.2. The Morgan fingerprint density at radius 2 is 1.88 bits per heavy atom. The fourth-order valence-electron chi connectivity index (χ4n) is 4.40. The smallest absolute Gasteiger partial charge is 0.264 e. The minimum Gasteiger partial charge on any atom is -0.396 e. The van der Waals surface area contributed by atoms with E-state index in [1.165, 1.54) is 11.3 Å². The minimum absolute atomic E-state index is 0. The molecule has 4 atom stereocenters. The number of aromatic amines is 1. The van der Waals surface area contributed by atoms with Crippen molar-refractivity contribution in [1.29, 1.82) is 0 Å². The van der Waals surface area contributed by atoms with E-state index in [-0.39, 0.29) is 55.6 Å². The summed E-state index contributed by atoms with van der Waals surface area (Å²) in [5, 5.41) is 36.3. The highest BCUT2D eigenvalue weighted by Crippen LogP contribution is 2.39. The summed E-state index contributed by atoms with van der Waals surface area (Å²) in [4.78, 5) is 24.6. The molecule has 0 spiro atoms. The Bertz CT molecular complexity index is 1200. The molecule has 0 aliphatic heterocycles. The number of hydrogen-bond acceptors (Lipinski definition) is 9. The first-order chi connectivity index (χ1) is 15.7. The maximum atomic E-state index is 13.2. The van der Waals surface area contributed by atoms with Gasteiger partial charge in [-0.15, -0.1) is 23.7 Å². The van der Waals surface area contributed by atoms with Crippen LogP contribution >= 0.6 is 23.7 Å². The van der Waals surface area contributed by atoms with E-state index in [9.17, 15) is 28.9 Å². The number of aliphatic hydroxyl groups excluding tert-OH is 3. The number of H-pyrrole nitrogens is 1. The summed E-state index contributed by atoms with van der Waals surface area (Å²) in [6, 6.07) is 6.18. The van der Waals surface area contributed by atoms with Crippen molar-refractivity contribution < 1.29 is 24.1 Å². The van der Waals surface area contributed by atoms with E-state index in [1.807, 2.05) is 24.3 Å². The van der Waals surface area contributed by atoms with Gasteiger partial charge in [0.25, 0.3) is 11.5 Å². The lowest BCUT2D eigenvalue weighted by molar-refractivity contribution is -0.0794. The molecule has 184 valence electrons. The topological polar surface area (TPSA) is 143 Å². The average Bonchev–Trinajstić information content (AvgIpc) is 3.28. The molecule has 5 rings (SSSR count). The summed E-state index contributed by atoms with van der Waals surface area (Å²) in [5.74, 6) is -3.12. The quantitative estimate of drug-likeness (QED) is 0.293. The molecular weight excluding hydrogens is 492 g/mol. The first kappa shape index (κ1) is 24.7. The molecule has 2 saturated carbocycles. The van der Waals surface area contributed by atoms with Crippen LogP contribution in [-0.2, 0) is 0 Å². The number of nitrogens with one attached hydrogen (secondary N) is 3.